The lowest BCUT2D eigenvalue weighted by molar-refractivity contribution is 0.950. The average molecular weight is 446 g/mol. The molecule has 8 heteroatoms. The summed E-state index contributed by atoms with van der Waals surface area (Å²) in [6.45, 7) is 3.98. The molecule has 2 aromatic carbocycles. The van der Waals surface area contributed by atoms with Crippen LogP contribution in [0.3, 0.4) is 0 Å². The predicted molar refractivity (Wildman–Crippen MR) is 129 cm³/mol. The SMILES string of the molecule is CC1=Nc2ccc(C)cc2/C1=C\c1c(N)n2c(SCc3ccccc3)nsc2nc1=O. The zero-order chi connectivity index (χ0) is 21.5. The minimum atomic E-state index is -0.359. The van der Waals surface area contributed by atoms with Crippen LogP contribution in [0.25, 0.3) is 16.6 Å². The molecular formula is C23H19N5OS2. The van der Waals surface area contributed by atoms with Crippen molar-refractivity contribution in [3.05, 3.63) is 81.1 Å². The van der Waals surface area contributed by atoms with Crippen molar-refractivity contribution >= 4 is 57.1 Å². The summed E-state index contributed by atoms with van der Waals surface area (Å²) < 4.78 is 6.26. The molecule has 3 heterocycles. The lowest BCUT2D eigenvalue weighted by Gasteiger charge is -2.08. The molecular weight excluding hydrogens is 426 g/mol. The average Bonchev–Trinajstić information content (AvgIpc) is 3.30. The monoisotopic (exact) mass is 445 g/mol. The summed E-state index contributed by atoms with van der Waals surface area (Å²) in [4.78, 5) is 22.2. The number of allylic oxidation sites excluding steroid dienone is 1. The van der Waals surface area contributed by atoms with Gasteiger partial charge in [0.2, 0.25) is 4.96 Å². The fourth-order valence-corrected chi connectivity index (χ4v) is 5.39. The molecule has 0 bridgehead atoms. The zero-order valence-electron chi connectivity index (χ0n) is 17.0. The first-order valence-electron chi connectivity index (χ1n) is 9.74. The van der Waals surface area contributed by atoms with Gasteiger partial charge in [-0.05, 0) is 37.6 Å². The smallest absolute Gasteiger partial charge is 0.283 e. The van der Waals surface area contributed by atoms with E-state index in [0.717, 1.165) is 39.0 Å². The molecule has 6 nitrogen and oxygen atoms in total. The number of nitrogens with zero attached hydrogens (tertiary/aromatic N) is 4. The van der Waals surface area contributed by atoms with Crippen LogP contribution in [-0.2, 0) is 5.75 Å². The Bertz CT molecular complexity index is 1430. The third-order valence-electron chi connectivity index (χ3n) is 5.15. The van der Waals surface area contributed by atoms with Crippen molar-refractivity contribution in [2.24, 2.45) is 4.99 Å². The number of nitrogen functional groups attached to an aromatic ring is 1. The number of nitrogens with two attached hydrogens (primary N) is 1. The van der Waals surface area contributed by atoms with E-state index in [1.165, 1.54) is 17.1 Å². The molecule has 1 aliphatic heterocycles. The van der Waals surface area contributed by atoms with Gasteiger partial charge in [0.15, 0.2) is 5.16 Å². The highest BCUT2D eigenvalue weighted by molar-refractivity contribution is 7.98. The minimum Gasteiger partial charge on any atom is -0.384 e. The third kappa shape index (κ3) is 3.58. The molecule has 0 fully saturated rings. The van der Waals surface area contributed by atoms with E-state index in [-0.39, 0.29) is 5.56 Å². The second kappa shape index (κ2) is 7.79. The summed E-state index contributed by atoms with van der Waals surface area (Å²) in [5.41, 5.74) is 12.5. The molecule has 2 aromatic heterocycles. The molecule has 154 valence electrons. The first kappa shape index (κ1) is 19.7. The molecule has 0 spiro atoms. The van der Waals surface area contributed by atoms with Gasteiger partial charge in [-0.3, -0.25) is 9.79 Å². The summed E-state index contributed by atoms with van der Waals surface area (Å²) in [7, 11) is 0. The number of aromatic nitrogens is 3. The number of thioether (sulfide) groups is 1. The minimum absolute atomic E-state index is 0.348. The standard InChI is InChI=1S/C23H19N5OS2/c1-13-8-9-19-17(10-13)16(14(2)25-19)11-18-20(24)28-22(26-21(18)29)31-27-23(28)30-12-15-6-4-3-5-7-15/h3-11H,12,24H2,1-2H3/b16-11-. The number of benzene rings is 2. The van der Waals surface area contributed by atoms with E-state index in [1.807, 2.05) is 50.3 Å². The van der Waals surface area contributed by atoms with Gasteiger partial charge in [-0.15, -0.1) is 0 Å². The Morgan fingerprint density at radius 1 is 1.16 bits per heavy atom. The Morgan fingerprint density at radius 2 is 1.97 bits per heavy atom. The highest BCUT2D eigenvalue weighted by Crippen LogP contribution is 2.37. The van der Waals surface area contributed by atoms with Crippen LogP contribution >= 0.6 is 23.3 Å². The third-order valence-corrected chi connectivity index (χ3v) is 6.98. The quantitative estimate of drug-likeness (QED) is 0.448. The number of hydrogen-bond acceptors (Lipinski definition) is 7. The highest BCUT2D eigenvalue weighted by atomic mass is 32.2. The van der Waals surface area contributed by atoms with Crippen LogP contribution in [0.1, 0.15) is 29.2 Å². The van der Waals surface area contributed by atoms with Crippen molar-refractivity contribution in [1.82, 2.24) is 13.8 Å². The maximum absolute atomic E-state index is 12.8. The Morgan fingerprint density at radius 3 is 2.77 bits per heavy atom. The van der Waals surface area contributed by atoms with Crippen molar-refractivity contribution in [2.75, 3.05) is 5.73 Å². The van der Waals surface area contributed by atoms with Crippen LogP contribution in [-0.4, -0.2) is 19.5 Å². The van der Waals surface area contributed by atoms with E-state index in [2.05, 4.69) is 32.5 Å². The van der Waals surface area contributed by atoms with E-state index < -0.39 is 0 Å². The molecule has 31 heavy (non-hydrogen) atoms. The molecule has 0 unspecified atom stereocenters. The van der Waals surface area contributed by atoms with E-state index >= 15 is 0 Å². The van der Waals surface area contributed by atoms with Crippen molar-refractivity contribution in [3.63, 3.8) is 0 Å². The Labute approximate surface area is 187 Å². The van der Waals surface area contributed by atoms with E-state index in [9.17, 15) is 4.79 Å². The van der Waals surface area contributed by atoms with Crippen LogP contribution in [0.2, 0.25) is 0 Å². The molecule has 0 aliphatic carbocycles. The van der Waals surface area contributed by atoms with Gasteiger partial charge in [0, 0.05) is 34.1 Å². The lowest BCUT2D eigenvalue weighted by atomic mass is 9.99. The number of anilines is 1. The summed E-state index contributed by atoms with van der Waals surface area (Å²) in [5.74, 6) is 1.10. The second-order valence-corrected chi connectivity index (χ2v) is 9.02. The van der Waals surface area contributed by atoms with Crippen LogP contribution < -0.4 is 11.3 Å². The van der Waals surface area contributed by atoms with E-state index in [0.29, 0.717) is 16.3 Å². The summed E-state index contributed by atoms with van der Waals surface area (Å²) in [6, 6.07) is 16.3. The number of rotatable bonds is 4. The van der Waals surface area contributed by atoms with Crippen molar-refractivity contribution in [1.29, 1.82) is 0 Å². The molecule has 2 N–H and O–H groups in total. The lowest BCUT2D eigenvalue weighted by Crippen LogP contribution is -2.16. The Hall–Kier alpha value is -3.23. The number of aryl methyl sites for hydroxylation is 1. The fraction of sp³-hybridized carbons (Fsp3) is 0.130. The van der Waals surface area contributed by atoms with Crippen LogP contribution in [0.15, 0.2) is 63.5 Å². The van der Waals surface area contributed by atoms with Crippen LogP contribution in [0.5, 0.6) is 0 Å². The van der Waals surface area contributed by atoms with Crippen LogP contribution in [0.4, 0.5) is 11.5 Å². The van der Waals surface area contributed by atoms with E-state index in [1.54, 1.807) is 16.2 Å². The van der Waals surface area contributed by atoms with Crippen molar-refractivity contribution in [3.8, 4) is 0 Å². The van der Waals surface area contributed by atoms with Gasteiger partial charge < -0.3 is 5.73 Å². The number of aliphatic imine (C=N–C) groups is 1. The van der Waals surface area contributed by atoms with Gasteiger partial charge in [-0.1, -0.05) is 53.7 Å². The molecule has 4 aromatic rings. The predicted octanol–water partition coefficient (Wildman–Crippen LogP) is 4.98. The molecule has 5 rings (SSSR count). The highest BCUT2D eigenvalue weighted by Gasteiger charge is 2.21. The topological polar surface area (TPSA) is 85.6 Å². The number of fused-ring (bicyclic) bond motifs is 2. The molecule has 0 amide bonds. The maximum atomic E-state index is 12.8. The van der Waals surface area contributed by atoms with Gasteiger partial charge in [-0.25, -0.2) is 4.40 Å². The maximum Gasteiger partial charge on any atom is 0.283 e. The van der Waals surface area contributed by atoms with Gasteiger partial charge >= 0.3 is 0 Å². The molecule has 0 saturated heterocycles. The van der Waals surface area contributed by atoms with Gasteiger partial charge in [0.1, 0.15) is 5.82 Å². The fourth-order valence-electron chi connectivity index (χ4n) is 3.57. The van der Waals surface area contributed by atoms with Crippen molar-refractivity contribution < 1.29 is 0 Å². The van der Waals surface area contributed by atoms with Crippen molar-refractivity contribution in [2.45, 2.75) is 24.8 Å². The van der Waals surface area contributed by atoms with E-state index in [4.69, 9.17) is 5.73 Å². The summed E-state index contributed by atoms with van der Waals surface area (Å²) in [5, 5.41) is 0.724. The molecule has 0 atom stereocenters. The second-order valence-electron chi connectivity index (χ2n) is 7.35. The molecule has 1 aliphatic rings. The zero-order valence-corrected chi connectivity index (χ0v) is 18.6. The summed E-state index contributed by atoms with van der Waals surface area (Å²) in [6.07, 6.45) is 1.81. The Kier molecular flexibility index (Phi) is 4.95. The normalized spacial score (nSPS) is 14.3. The first-order valence-corrected chi connectivity index (χ1v) is 11.5. The number of hydrogen-bond donors (Lipinski definition) is 1. The summed E-state index contributed by atoms with van der Waals surface area (Å²) >= 11 is 2.74. The van der Waals surface area contributed by atoms with Gasteiger partial charge in [0.05, 0.1) is 11.3 Å². The molecule has 0 saturated carbocycles. The Balaban J connectivity index is 1.59. The van der Waals surface area contributed by atoms with Crippen LogP contribution in [0, 0.1) is 6.92 Å². The molecule has 0 radical (unpaired) electrons. The van der Waals surface area contributed by atoms with Gasteiger partial charge in [0.25, 0.3) is 5.56 Å². The van der Waals surface area contributed by atoms with Gasteiger partial charge in [-0.2, -0.15) is 9.36 Å². The first-order chi connectivity index (χ1) is 15.0. The largest absolute Gasteiger partial charge is 0.384 e.